The number of halogens is 1. The molecule has 3 aromatic carbocycles. The number of carbonyl (C=O) groups is 2. The monoisotopic (exact) mass is 459 g/mol. The molecule has 0 fully saturated rings. The zero-order valence-corrected chi connectivity index (χ0v) is 18.9. The molecule has 33 heavy (non-hydrogen) atoms. The lowest BCUT2D eigenvalue weighted by Crippen LogP contribution is -2.20. The molecule has 0 aliphatic heterocycles. The van der Waals surface area contributed by atoms with Crippen molar-refractivity contribution in [2.45, 2.75) is 13.8 Å². The lowest BCUT2D eigenvalue weighted by molar-refractivity contribution is -0.118. The first-order chi connectivity index (χ1) is 15.9. The van der Waals surface area contributed by atoms with E-state index < -0.39 is 5.91 Å². The quantitative estimate of drug-likeness (QED) is 0.359. The van der Waals surface area contributed by atoms with E-state index in [0.29, 0.717) is 22.7 Å². The Morgan fingerprint density at radius 3 is 2.52 bits per heavy atom. The van der Waals surface area contributed by atoms with E-state index in [9.17, 15) is 14.9 Å². The fourth-order valence-corrected chi connectivity index (χ4v) is 3.25. The van der Waals surface area contributed by atoms with E-state index in [-0.39, 0.29) is 23.1 Å². The van der Waals surface area contributed by atoms with Crippen LogP contribution in [0.1, 0.15) is 16.7 Å². The maximum absolute atomic E-state index is 12.5. The van der Waals surface area contributed by atoms with E-state index in [1.54, 1.807) is 24.3 Å². The molecule has 3 aromatic rings. The van der Waals surface area contributed by atoms with E-state index in [1.807, 2.05) is 62.4 Å². The van der Waals surface area contributed by atoms with Gasteiger partial charge in [0.15, 0.2) is 6.61 Å². The molecule has 0 bridgehead atoms. The van der Waals surface area contributed by atoms with Crippen LogP contribution in [-0.2, 0) is 9.59 Å². The summed E-state index contributed by atoms with van der Waals surface area (Å²) >= 11 is 6.28. The second-order valence-corrected chi connectivity index (χ2v) is 7.74. The molecule has 0 radical (unpaired) electrons. The maximum Gasteiger partial charge on any atom is 0.266 e. The van der Waals surface area contributed by atoms with Gasteiger partial charge in [-0.1, -0.05) is 48.0 Å². The average molecular weight is 460 g/mol. The molecule has 2 amide bonds. The van der Waals surface area contributed by atoms with Gasteiger partial charge in [0.25, 0.3) is 11.8 Å². The van der Waals surface area contributed by atoms with Crippen molar-refractivity contribution >= 4 is 40.9 Å². The molecular weight excluding hydrogens is 438 g/mol. The van der Waals surface area contributed by atoms with Gasteiger partial charge in [-0.05, 0) is 66.9 Å². The predicted molar refractivity (Wildman–Crippen MR) is 130 cm³/mol. The van der Waals surface area contributed by atoms with Crippen molar-refractivity contribution in [3.05, 3.63) is 94.0 Å². The number of aryl methyl sites for hydroxylation is 2. The lowest BCUT2D eigenvalue weighted by Gasteiger charge is -2.11. The van der Waals surface area contributed by atoms with E-state index in [4.69, 9.17) is 16.3 Å². The highest BCUT2D eigenvalue weighted by Crippen LogP contribution is 2.27. The van der Waals surface area contributed by atoms with Gasteiger partial charge < -0.3 is 15.4 Å². The van der Waals surface area contributed by atoms with Crippen LogP contribution in [0.2, 0.25) is 5.02 Å². The number of ether oxygens (including phenoxy) is 1. The Labute approximate surface area is 197 Å². The summed E-state index contributed by atoms with van der Waals surface area (Å²) in [7, 11) is 0. The minimum Gasteiger partial charge on any atom is -0.482 e. The molecule has 0 saturated carbocycles. The van der Waals surface area contributed by atoms with Gasteiger partial charge in [0, 0.05) is 11.4 Å². The van der Waals surface area contributed by atoms with Crippen LogP contribution in [0.5, 0.6) is 5.75 Å². The largest absolute Gasteiger partial charge is 0.482 e. The third kappa shape index (κ3) is 6.70. The third-order valence-corrected chi connectivity index (χ3v) is 4.98. The van der Waals surface area contributed by atoms with Crippen LogP contribution in [0.4, 0.5) is 11.4 Å². The number of amides is 2. The molecule has 0 unspecified atom stereocenters. The minimum atomic E-state index is -0.521. The van der Waals surface area contributed by atoms with Crippen LogP contribution in [0.15, 0.2) is 72.3 Å². The fourth-order valence-electron chi connectivity index (χ4n) is 3.00. The van der Waals surface area contributed by atoms with Gasteiger partial charge in [-0.15, -0.1) is 0 Å². The Balaban J connectivity index is 1.64. The van der Waals surface area contributed by atoms with Crippen molar-refractivity contribution in [3.63, 3.8) is 0 Å². The normalized spacial score (nSPS) is 10.8. The topological polar surface area (TPSA) is 91.2 Å². The van der Waals surface area contributed by atoms with Gasteiger partial charge >= 0.3 is 0 Å². The Hall–Kier alpha value is -4.08. The molecule has 3 rings (SSSR count). The predicted octanol–water partition coefficient (Wildman–Crippen LogP) is 5.52. The summed E-state index contributed by atoms with van der Waals surface area (Å²) in [5.74, 6) is -0.521. The van der Waals surface area contributed by atoms with Crippen molar-refractivity contribution in [2.75, 3.05) is 17.2 Å². The number of nitrogens with zero attached hydrogens (tertiary/aromatic N) is 1. The Morgan fingerprint density at radius 2 is 1.82 bits per heavy atom. The standard InChI is InChI=1S/C26H22ClN3O3/c1-17-6-5-8-21(12-17)29-26(32)20(15-28)13-19-10-11-24(22(27)14-19)33-16-25(31)30-23-9-4-3-7-18(23)2/h3-14H,16H2,1-2H3,(H,29,32)(H,30,31)/b20-13+. The fraction of sp³-hybridized carbons (Fsp3) is 0.115. The Kier molecular flexibility index (Phi) is 7.85. The third-order valence-electron chi connectivity index (χ3n) is 4.69. The van der Waals surface area contributed by atoms with Crippen LogP contribution in [0, 0.1) is 25.2 Å². The number of anilines is 2. The van der Waals surface area contributed by atoms with Crippen LogP contribution in [-0.4, -0.2) is 18.4 Å². The second kappa shape index (κ2) is 11.0. The van der Waals surface area contributed by atoms with Gasteiger partial charge in [0.1, 0.15) is 17.4 Å². The molecule has 0 atom stereocenters. The smallest absolute Gasteiger partial charge is 0.266 e. The SMILES string of the molecule is Cc1cccc(NC(=O)/C(C#N)=C/c2ccc(OCC(=O)Nc3ccccc3C)c(Cl)c2)c1. The molecule has 0 aromatic heterocycles. The van der Waals surface area contributed by atoms with Crippen LogP contribution < -0.4 is 15.4 Å². The molecular formula is C26H22ClN3O3. The van der Waals surface area contributed by atoms with Gasteiger partial charge in [-0.3, -0.25) is 9.59 Å². The molecule has 0 heterocycles. The highest BCUT2D eigenvalue weighted by Gasteiger charge is 2.12. The van der Waals surface area contributed by atoms with Gasteiger partial charge in [0.2, 0.25) is 0 Å². The van der Waals surface area contributed by atoms with Crippen LogP contribution in [0.3, 0.4) is 0 Å². The van der Waals surface area contributed by atoms with E-state index in [2.05, 4.69) is 10.6 Å². The summed E-state index contributed by atoms with van der Waals surface area (Å²) in [6, 6.07) is 21.4. The first-order valence-corrected chi connectivity index (χ1v) is 10.5. The van der Waals surface area contributed by atoms with E-state index >= 15 is 0 Å². The maximum atomic E-state index is 12.5. The number of para-hydroxylation sites is 1. The molecule has 7 heteroatoms. The molecule has 166 valence electrons. The molecule has 0 aliphatic rings. The number of rotatable bonds is 7. The van der Waals surface area contributed by atoms with E-state index in [1.165, 1.54) is 6.08 Å². The van der Waals surface area contributed by atoms with Gasteiger partial charge in [-0.25, -0.2) is 0 Å². The number of hydrogen-bond acceptors (Lipinski definition) is 4. The zero-order valence-electron chi connectivity index (χ0n) is 18.2. The first-order valence-electron chi connectivity index (χ1n) is 10.1. The Bertz CT molecular complexity index is 1260. The van der Waals surface area contributed by atoms with Crippen molar-refractivity contribution in [3.8, 4) is 11.8 Å². The zero-order chi connectivity index (χ0) is 23.8. The summed E-state index contributed by atoms with van der Waals surface area (Å²) in [6.07, 6.45) is 1.44. The highest BCUT2D eigenvalue weighted by atomic mass is 35.5. The van der Waals surface area contributed by atoms with Crippen molar-refractivity contribution < 1.29 is 14.3 Å². The van der Waals surface area contributed by atoms with Crippen LogP contribution >= 0.6 is 11.6 Å². The summed E-state index contributed by atoms with van der Waals surface area (Å²) in [5, 5.41) is 15.2. The lowest BCUT2D eigenvalue weighted by atomic mass is 10.1. The highest BCUT2D eigenvalue weighted by molar-refractivity contribution is 6.32. The number of hydrogen-bond donors (Lipinski definition) is 2. The van der Waals surface area contributed by atoms with Crippen molar-refractivity contribution in [1.29, 1.82) is 5.26 Å². The summed E-state index contributed by atoms with van der Waals surface area (Å²) in [5.41, 5.74) is 3.73. The molecule has 0 aliphatic carbocycles. The van der Waals surface area contributed by atoms with Crippen molar-refractivity contribution in [1.82, 2.24) is 0 Å². The number of benzene rings is 3. The van der Waals surface area contributed by atoms with Gasteiger partial charge in [0.05, 0.1) is 5.02 Å². The molecule has 2 N–H and O–H groups in total. The summed E-state index contributed by atoms with van der Waals surface area (Å²) < 4.78 is 5.53. The van der Waals surface area contributed by atoms with E-state index in [0.717, 1.165) is 11.1 Å². The number of carbonyl (C=O) groups excluding carboxylic acids is 2. The molecule has 6 nitrogen and oxygen atoms in total. The number of nitrogens with one attached hydrogen (secondary N) is 2. The van der Waals surface area contributed by atoms with Crippen LogP contribution in [0.25, 0.3) is 6.08 Å². The van der Waals surface area contributed by atoms with Crippen molar-refractivity contribution in [2.24, 2.45) is 0 Å². The van der Waals surface area contributed by atoms with Gasteiger partial charge in [-0.2, -0.15) is 5.26 Å². The Morgan fingerprint density at radius 1 is 1.03 bits per heavy atom. The first kappa shape index (κ1) is 23.6. The average Bonchev–Trinajstić information content (AvgIpc) is 2.78. The molecule has 0 spiro atoms. The summed E-state index contributed by atoms with van der Waals surface area (Å²) in [6.45, 7) is 3.59. The second-order valence-electron chi connectivity index (χ2n) is 7.34. The number of nitriles is 1. The molecule has 0 saturated heterocycles. The minimum absolute atomic E-state index is 0.0705. The summed E-state index contributed by atoms with van der Waals surface area (Å²) in [4.78, 5) is 24.6.